The Hall–Kier alpha value is -3.59. The van der Waals surface area contributed by atoms with E-state index >= 15 is 0 Å². The predicted molar refractivity (Wildman–Crippen MR) is 97.5 cm³/mol. The summed E-state index contributed by atoms with van der Waals surface area (Å²) in [4.78, 5) is 33.6. The molecule has 0 unspecified atom stereocenters. The quantitative estimate of drug-likeness (QED) is 0.579. The molecule has 128 valence electrons. The number of anilines is 1. The van der Waals surface area contributed by atoms with Crippen molar-refractivity contribution < 1.29 is 9.59 Å². The van der Waals surface area contributed by atoms with Gasteiger partial charge in [-0.25, -0.2) is 4.98 Å². The molecular weight excluding hydrogens is 328 g/mol. The summed E-state index contributed by atoms with van der Waals surface area (Å²) in [6.07, 6.45) is 1.51. The first-order valence-electron chi connectivity index (χ1n) is 8.03. The number of Topliss-reactive ketones (excluding diaryl/α,β-unsaturated/α-hetero) is 1. The second-order valence-corrected chi connectivity index (χ2v) is 5.95. The molecule has 0 saturated carbocycles. The van der Waals surface area contributed by atoms with Gasteiger partial charge in [-0.1, -0.05) is 18.2 Å². The number of nitrogens with one attached hydrogen (secondary N) is 1. The van der Waals surface area contributed by atoms with Crippen LogP contribution in [-0.4, -0.2) is 21.7 Å². The number of nitriles is 1. The van der Waals surface area contributed by atoms with Gasteiger partial charge in [-0.3, -0.25) is 14.6 Å². The molecule has 0 spiro atoms. The van der Waals surface area contributed by atoms with Crippen LogP contribution >= 0.6 is 0 Å². The summed E-state index contributed by atoms with van der Waals surface area (Å²) in [5.41, 5.74) is 2.58. The lowest BCUT2D eigenvalue weighted by atomic mass is 9.95. The summed E-state index contributed by atoms with van der Waals surface area (Å²) in [5, 5.41) is 12.7. The molecule has 1 atom stereocenters. The SMILES string of the molecule is Cc1ccc2cc(C(=O)[C@@H](C#N)C(=O)Nc3ccccn3)c(C)nc2c1. The van der Waals surface area contributed by atoms with Gasteiger partial charge in [0.25, 0.3) is 5.91 Å². The van der Waals surface area contributed by atoms with Gasteiger partial charge in [0.1, 0.15) is 5.82 Å². The van der Waals surface area contributed by atoms with Gasteiger partial charge in [0.2, 0.25) is 0 Å². The van der Waals surface area contributed by atoms with E-state index < -0.39 is 17.6 Å². The lowest BCUT2D eigenvalue weighted by molar-refractivity contribution is -0.117. The van der Waals surface area contributed by atoms with Gasteiger partial charge in [0.15, 0.2) is 11.7 Å². The number of aromatic nitrogens is 2. The molecule has 1 N–H and O–H groups in total. The lowest BCUT2D eigenvalue weighted by Crippen LogP contribution is -2.29. The maximum Gasteiger partial charge on any atom is 0.250 e. The Morgan fingerprint density at radius 1 is 1.15 bits per heavy atom. The topological polar surface area (TPSA) is 95.7 Å². The summed E-state index contributed by atoms with van der Waals surface area (Å²) in [6.45, 7) is 3.66. The molecule has 6 nitrogen and oxygen atoms in total. The molecule has 0 bridgehead atoms. The summed E-state index contributed by atoms with van der Waals surface area (Å²) < 4.78 is 0. The molecular formula is C20H16N4O2. The van der Waals surface area contributed by atoms with E-state index in [4.69, 9.17) is 0 Å². The van der Waals surface area contributed by atoms with Crippen molar-refractivity contribution in [1.29, 1.82) is 5.26 Å². The van der Waals surface area contributed by atoms with Gasteiger partial charge in [0, 0.05) is 22.8 Å². The first kappa shape index (κ1) is 17.2. The largest absolute Gasteiger partial charge is 0.309 e. The van der Waals surface area contributed by atoms with Crippen LogP contribution in [0.3, 0.4) is 0 Å². The highest BCUT2D eigenvalue weighted by atomic mass is 16.2. The number of ketones is 1. The summed E-state index contributed by atoms with van der Waals surface area (Å²) in [5.74, 6) is -2.47. The molecule has 6 heteroatoms. The first-order chi connectivity index (χ1) is 12.5. The zero-order valence-corrected chi connectivity index (χ0v) is 14.4. The Labute approximate surface area is 150 Å². The van der Waals surface area contributed by atoms with E-state index in [0.29, 0.717) is 5.69 Å². The van der Waals surface area contributed by atoms with Crippen LogP contribution in [0.1, 0.15) is 21.6 Å². The van der Waals surface area contributed by atoms with E-state index in [0.717, 1.165) is 16.5 Å². The third-order valence-electron chi connectivity index (χ3n) is 4.00. The Balaban J connectivity index is 1.92. The summed E-state index contributed by atoms with van der Waals surface area (Å²) >= 11 is 0. The average Bonchev–Trinajstić information content (AvgIpc) is 2.62. The van der Waals surface area contributed by atoms with Gasteiger partial charge < -0.3 is 5.32 Å². The minimum atomic E-state index is -1.47. The van der Waals surface area contributed by atoms with Crippen LogP contribution in [0.25, 0.3) is 10.9 Å². The standard InChI is InChI=1S/C20H16N4O2/c1-12-6-7-14-10-15(13(2)23-17(14)9-12)19(25)16(11-21)20(26)24-18-5-3-4-8-22-18/h3-10,16H,1-2H3,(H,22,24,26)/t16-/m1/s1. The van der Waals surface area contributed by atoms with Crippen molar-refractivity contribution in [2.45, 2.75) is 13.8 Å². The number of fused-ring (bicyclic) bond motifs is 1. The predicted octanol–water partition coefficient (Wildman–Crippen LogP) is 3.21. The Morgan fingerprint density at radius 2 is 1.96 bits per heavy atom. The minimum absolute atomic E-state index is 0.268. The molecule has 0 fully saturated rings. The van der Waals surface area contributed by atoms with Gasteiger partial charge in [0.05, 0.1) is 11.6 Å². The highest BCUT2D eigenvalue weighted by Gasteiger charge is 2.29. The zero-order valence-electron chi connectivity index (χ0n) is 14.4. The van der Waals surface area contributed by atoms with Crippen molar-refractivity contribution >= 4 is 28.4 Å². The fraction of sp³-hybridized carbons (Fsp3) is 0.150. The van der Waals surface area contributed by atoms with Crippen molar-refractivity contribution in [3.8, 4) is 6.07 Å². The van der Waals surface area contributed by atoms with Gasteiger partial charge in [-0.15, -0.1) is 0 Å². The molecule has 2 heterocycles. The number of amides is 1. The first-order valence-corrected chi connectivity index (χ1v) is 8.03. The molecule has 3 aromatic rings. The molecule has 0 aliphatic carbocycles. The van der Waals surface area contributed by atoms with Crippen LogP contribution in [0.5, 0.6) is 0 Å². The second kappa shape index (κ2) is 7.11. The monoisotopic (exact) mass is 344 g/mol. The van der Waals surface area contributed by atoms with Crippen LogP contribution in [0, 0.1) is 31.1 Å². The number of carbonyl (C=O) groups is 2. The Kier molecular flexibility index (Phi) is 4.72. The van der Waals surface area contributed by atoms with E-state index in [1.807, 2.05) is 25.1 Å². The maximum absolute atomic E-state index is 12.8. The van der Waals surface area contributed by atoms with Gasteiger partial charge in [-0.2, -0.15) is 5.26 Å². The van der Waals surface area contributed by atoms with Crippen molar-refractivity contribution in [3.63, 3.8) is 0 Å². The van der Waals surface area contributed by atoms with Crippen LogP contribution < -0.4 is 5.32 Å². The van der Waals surface area contributed by atoms with Crippen LogP contribution in [0.15, 0.2) is 48.7 Å². The third kappa shape index (κ3) is 3.42. The van der Waals surface area contributed by atoms with Crippen LogP contribution in [-0.2, 0) is 4.79 Å². The molecule has 0 aliphatic heterocycles. The van der Waals surface area contributed by atoms with Crippen molar-refractivity contribution in [3.05, 3.63) is 65.5 Å². The van der Waals surface area contributed by atoms with E-state index in [-0.39, 0.29) is 11.4 Å². The van der Waals surface area contributed by atoms with E-state index in [1.54, 1.807) is 37.3 Å². The number of benzene rings is 1. The molecule has 0 radical (unpaired) electrons. The molecule has 26 heavy (non-hydrogen) atoms. The number of rotatable bonds is 4. The fourth-order valence-corrected chi connectivity index (χ4v) is 2.65. The van der Waals surface area contributed by atoms with Crippen LogP contribution in [0.4, 0.5) is 5.82 Å². The smallest absolute Gasteiger partial charge is 0.250 e. The fourth-order valence-electron chi connectivity index (χ4n) is 2.65. The minimum Gasteiger partial charge on any atom is -0.309 e. The number of hydrogen-bond donors (Lipinski definition) is 1. The summed E-state index contributed by atoms with van der Waals surface area (Å²) in [6, 6.07) is 14.2. The van der Waals surface area contributed by atoms with Crippen molar-refractivity contribution in [1.82, 2.24) is 9.97 Å². The Bertz CT molecular complexity index is 1040. The van der Waals surface area contributed by atoms with Gasteiger partial charge >= 0.3 is 0 Å². The molecule has 3 rings (SSSR count). The van der Waals surface area contributed by atoms with Crippen LogP contribution in [0.2, 0.25) is 0 Å². The number of hydrogen-bond acceptors (Lipinski definition) is 5. The van der Waals surface area contributed by atoms with Crippen molar-refractivity contribution in [2.75, 3.05) is 5.32 Å². The Morgan fingerprint density at radius 3 is 2.65 bits per heavy atom. The maximum atomic E-state index is 12.8. The molecule has 0 aliphatic rings. The number of pyridine rings is 2. The van der Waals surface area contributed by atoms with Gasteiger partial charge in [-0.05, 0) is 43.7 Å². The zero-order chi connectivity index (χ0) is 18.7. The van der Waals surface area contributed by atoms with E-state index in [9.17, 15) is 14.9 Å². The van der Waals surface area contributed by atoms with Crippen molar-refractivity contribution in [2.24, 2.45) is 5.92 Å². The van der Waals surface area contributed by atoms with E-state index in [2.05, 4.69) is 15.3 Å². The molecule has 2 aromatic heterocycles. The van der Waals surface area contributed by atoms with E-state index in [1.165, 1.54) is 6.20 Å². The molecule has 1 amide bonds. The second-order valence-electron chi connectivity index (χ2n) is 5.95. The number of carbonyl (C=O) groups excluding carboxylic acids is 2. The highest BCUT2D eigenvalue weighted by Crippen LogP contribution is 2.21. The summed E-state index contributed by atoms with van der Waals surface area (Å²) in [7, 11) is 0. The number of aryl methyl sites for hydroxylation is 2. The number of nitrogens with zero attached hydrogens (tertiary/aromatic N) is 3. The average molecular weight is 344 g/mol. The highest BCUT2D eigenvalue weighted by molar-refractivity contribution is 6.16. The lowest BCUT2D eigenvalue weighted by Gasteiger charge is -2.11. The third-order valence-corrected chi connectivity index (χ3v) is 4.00. The molecule has 1 aromatic carbocycles. The normalized spacial score (nSPS) is 11.6. The molecule has 0 saturated heterocycles.